The largest absolute Gasteiger partial charge is 0.389 e. The molecule has 0 bridgehead atoms. The second kappa shape index (κ2) is 6.15. The van der Waals surface area contributed by atoms with Gasteiger partial charge in [0.05, 0.1) is 17.3 Å². The minimum Gasteiger partial charge on any atom is -0.389 e. The summed E-state index contributed by atoms with van der Waals surface area (Å²) in [6.45, 7) is 3.74. The molecular weight excluding hydrogens is 272 g/mol. The van der Waals surface area contributed by atoms with Crippen LogP contribution < -0.4 is 0 Å². The Balaban J connectivity index is 1.67. The molecule has 20 heavy (non-hydrogen) atoms. The van der Waals surface area contributed by atoms with Crippen LogP contribution in [0.3, 0.4) is 0 Å². The Kier molecular flexibility index (Phi) is 4.66. The highest BCUT2D eigenvalue weighted by atomic mass is 32.2. The zero-order valence-corrected chi connectivity index (χ0v) is 13.4. The molecule has 3 aliphatic rings. The molecule has 0 aliphatic carbocycles. The maximum atomic E-state index is 11.2. The van der Waals surface area contributed by atoms with Crippen molar-refractivity contribution in [2.45, 2.75) is 69.2 Å². The molecule has 3 saturated heterocycles. The lowest BCUT2D eigenvalue weighted by atomic mass is 9.70. The molecule has 3 nitrogen and oxygen atoms in total. The number of hydrogen-bond donors (Lipinski definition) is 1. The summed E-state index contributed by atoms with van der Waals surface area (Å²) in [4.78, 5) is 0. The standard InChI is InChI=1S/C16H28O3S/c1-2-3-14-11-16(17,5-8-18-14)13-4-7-19-15(10-13)6-9-20-12-15/h13-14,17H,2-12H2,1H3. The fraction of sp³-hybridized carbons (Fsp3) is 1.00. The van der Waals surface area contributed by atoms with Gasteiger partial charge in [-0.3, -0.25) is 0 Å². The van der Waals surface area contributed by atoms with Crippen LogP contribution in [0.2, 0.25) is 0 Å². The third-order valence-electron chi connectivity index (χ3n) is 5.40. The molecule has 0 aromatic heterocycles. The van der Waals surface area contributed by atoms with Crippen LogP contribution in [0.1, 0.15) is 51.9 Å². The van der Waals surface area contributed by atoms with Crippen molar-refractivity contribution >= 4 is 11.8 Å². The van der Waals surface area contributed by atoms with Crippen LogP contribution in [0.15, 0.2) is 0 Å². The molecule has 4 unspecified atom stereocenters. The van der Waals surface area contributed by atoms with Crippen LogP contribution in [0.5, 0.6) is 0 Å². The third kappa shape index (κ3) is 3.03. The van der Waals surface area contributed by atoms with Crippen LogP contribution in [-0.2, 0) is 9.47 Å². The van der Waals surface area contributed by atoms with E-state index in [0.29, 0.717) is 5.92 Å². The van der Waals surface area contributed by atoms with E-state index in [0.717, 1.165) is 57.5 Å². The molecule has 0 radical (unpaired) electrons. The van der Waals surface area contributed by atoms with Gasteiger partial charge in [0.2, 0.25) is 0 Å². The SMILES string of the molecule is CCCC1CC(O)(C2CCOC3(CCSC3)C2)CCO1. The monoisotopic (exact) mass is 300 g/mol. The van der Waals surface area contributed by atoms with E-state index >= 15 is 0 Å². The van der Waals surface area contributed by atoms with Gasteiger partial charge in [0.15, 0.2) is 0 Å². The Labute approximate surface area is 126 Å². The van der Waals surface area contributed by atoms with Gasteiger partial charge in [0.1, 0.15) is 0 Å². The summed E-state index contributed by atoms with van der Waals surface area (Å²) >= 11 is 2.00. The normalized spacial score (nSPS) is 45.9. The van der Waals surface area contributed by atoms with E-state index in [1.54, 1.807) is 0 Å². The van der Waals surface area contributed by atoms with Gasteiger partial charge in [-0.1, -0.05) is 13.3 Å². The number of hydrogen-bond acceptors (Lipinski definition) is 4. The lowest BCUT2D eigenvalue weighted by molar-refractivity contribution is -0.175. The first-order valence-electron chi connectivity index (χ1n) is 8.21. The number of thioether (sulfide) groups is 1. The van der Waals surface area contributed by atoms with Crippen molar-refractivity contribution in [3.8, 4) is 0 Å². The van der Waals surface area contributed by atoms with Crippen molar-refractivity contribution in [3.63, 3.8) is 0 Å². The Morgan fingerprint density at radius 1 is 1.25 bits per heavy atom. The molecule has 3 aliphatic heterocycles. The molecule has 1 N–H and O–H groups in total. The van der Waals surface area contributed by atoms with E-state index < -0.39 is 5.60 Å². The van der Waals surface area contributed by atoms with Gasteiger partial charge in [0.25, 0.3) is 0 Å². The minimum absolute atomic E-state index is 0.0713. The third-order valence-corrected chi connectivity index (χ3v) is 6.62. The zero-order valence-electron chi connectivity index (χ0n) is 12.6. The van der Waals surface area contributed by atoms with Gasteiger partial charge in [-0.05, 0) is 43.8 Å². The Bertz CT molecular complexity index is 328. The fourth-order valence-electron chi connectivity index (χ4n) is 4.19. The number of ether oxygens (including phenoxy) is 2. The predicted octanol–water partition coefficient (Wildman–Crippen LogP) is 3.00. The molecule has 0 amide bonds. The predicted molar refractivity (Wildman–Crippen MR) is 82.2 cm³/mol. The van der Waals surface area contributed by atoms with Crippen molar-refractivity contribution in [3.05, 3.63) is 0 Å². The maximum Gasteiger partial charge on any atom is 0.0784 e. The highest BCUT2D eigenvalue weighted by molar-refractivity contribution is 7.99. The summed E-state index contributed by atoms with van der Waals surface area (Å²) in [5.41, 5.74) is -0.440. The summed E-state index contributed by atoms with van der Waals surface area (Å²) in [5, 5.41) is 11.2. The molecule has 4 atom stereocenters. The molecule has 0 aromatic rings. The van der Waals surface area contributed by atoms with Gasteiger partial charge >= 0.3 is 0 Å². The Hall–Kier alpha value is 0.230. The summed E-state index contributed by atoms with van der Waals surface area (Å²) in [6.07, 6.45) is 7.34. The lowest BCUT2D eigenvalue weighted by Gasteiger charge is -2.48. The molecule has 1 spiro atoms. The number of rotatable bonds is 3. The molecule has 0 aromatic carbocycles. The zero-order chi connectivity index (χ0) is 14.1. The van der Waals surface area contributed by atoms with Crippen LogP contribution in [0.4, 0.5) is 0 Å². The molecule has 3 rings (SSSR count). The molecule has 0 saturated carbocycles. The van der Waals surface area contributed by atoms with Gasteiger partial charge in [-0.2, -0.15) is 11.8 Å². The van der Waals surface area contributed by atoms with Gasteiger partial charge in [-0.25, -0.2) is 0 Å². The molecule has 116 valence electrons. The highest BCUT2D eigenvalue weighted by Gasteiger charge is 2.49. The average molecular weight is 300 g/mol. The molecule has 3 fully saturated rings. The fourth-order valence-corrected chi connectivity index (χ4v) is 5.56. The van der Waals surface area contributed by atoms with E-state index in [1.165, 1.54) is 12.2 Å². The molecule has 3 heterocycles. The topological polar surface area (TPSA) is 38.7 Å². The summed E-state index contributed by atoms with van der Waals surface area (Å²) < 4.78 is 11.9. The maximum absolute atomic E-state index is 11.2. The van der Waals surface area contributed by atoms with Crippen molar-refractivity contribution in [1.82, 2.24) is 0 Å². The van der Waals surface area contributed by atoms with Gasteiger partial charge in [0, 0.05) is 25.4 Å². The van der Waals surface area contributed by atoms with Gasteiger partial charge in [-0.15, -0.1) is 0 Å². The van der Waals surface area contributed by atoms with E-state index in [4.69, 9.17) is 9.47 Å². The molecular formula is C16H28O3S. The van der Waals surface area contributed by atoms with Gasteiger partial charge < -0.3 is 14.6 Å². The number of aliphatic hydroxyl groups is 1. The van der Waals surface area contributed by atoms with E-state index in [2.05, 4.69) is 6.92 Å². The van der Waals surface area contributed by atoms with Crippen LogP contribution in [-0.4, -0.2) is 47.1 Å². The first kappa shape index (κ1) is 15.1. The van der Waals surface area contributed by atoms with E-state index in [9.17, 15) is 5.11 Å². The minimum atomic E-state index is -0.512. The van der Waals surface area contributed by atoms with E-state index in [-0.39, 0.29) is 11.7 Å². The van der Waals surface area contributed by atoms with Crippen LogP contribution in [0.25, 0.3) is 0 Å². The summed E-state index contributed by atoms with van der Waals surface area (Å²) in [5.74, 6) is 2.74. The first-order valence-corrected chi connectivity index (χ1v) is 9.37. The highest BCUT2D eigenvalue weighted by Crippen LogP contribution is 2.46. The molecule has 4 heteroatoms. The Morgan fingerprint density at radius 2 is 2.15 bits per heavy atom. The first-order chi connectivity index (χ1) is 9.66. The Morgan fingerprint density at radius 3 is 2.90 bits per heavy atom. The second-order valence-corrected chi connectivity index (χ2v) is 7.97. The smallest absolute Gasteiger partial charge is 0.0784 e. The van der Waals surface area contributed by atoms with Crippen molar-refractivity contribution in [2.75, 3.05) is 24.7 Å². The van der Waals surface area contributed by atoms with E-state index in [1.807, 2.05) is 11.8 Å². The van der Waals surface area contributed by atoms with Crippen molar-refractivity contribution in [2.24, 2.45) is 5.92 Å². The average Bonchev–Trinajstić information content (AvgIpc) is 2.87. The van der Waals surface area contributed by atoms with Crippen molar-refractivity contribution < 1.29 is 14.6 Å². The van der Waals surface area contributed by atoms with Crippen LogP contribution >= 0.6 is 11.8 Å². The van der Waals surface area contributed by atoms with Crippen LogP contribution in [0, 0.1) is 5.92 Å². The second-order valence-electron chi connectivity index (χ2n) is 6.86. The lowest BCUT2D eigenvalue weighted by Crippen LogP contribution is -2.52. The van der Waals surface area contributed by atoms with Crippen molar-refractivity contribution in [1.29, 1.82) is 0 Å². The quantitative estimate of drug-likeness (QED) is 0.869. The summed E-state index contributed by atoms with van der Waals surface area (Å²) in [6, 6.07) is 0. The summed E-state index contributed by atoms with van der Waals surface area (Å²) in [7, 11) is 0.